The number of piperidine rings is 1. The van der Waals surface area contributed by atoms with Crippen LogP contribution in [0.25, 0.3) is 0 Å². The number of hydrogen-bond donors (Lipinski definition) is 1. The van der Waals surface area contributed by atoms with Crippen LogP contribution in [0.15, 0.2) is 17.5 Å². The highest BCUT2D eigenvalue weighted by Crippen LogP contribution is 2.33. The van der Waals surface area contributed by atoms with Crippen LogP contribution in [0.1, 0.15) is 37.0 Å². The van der Waals surface area contributed by atoms with Crippen LogP contribution >= 0.6 is 11.3 Å². The predicted octanol–water partition coefficient (Wildman–Crippen LogP) is 2.63. The Morgan fingerprint density at radius 2 is 2.16 bits per heavy atom. The van der Waals surface area contributed by atoms with Crippen molar-refractivity contribution in [3.63, 3.8) is 0 Å². The number of nitrogens with zero attached hydrogens (tertiary/aromatic N) is 1. The summed E-state index contributed by atoms with van der Waals surface area (Å²) in [6.45, 7) is 0.758. The molecule has 0 aliphatic carbocycles. The van der Waals surface area contributed by atoms with Crippen molar-refractivity contribution in [2.45, 2.75) is 50.7 Å². The molecule has 0 saturated carbocycles. The van der Waals surface area contributed by atoms with E-state index < -0.39 is 0 Å². The van der Waals surface area contributed by atoms with Crippen LogP contribution < -0.4 is 5.32 Å². The van der Waals surface area contributed by atoms with Crippen LogP contribution in [0, 0.1) is 5.92 Å². The normalized spacial score (nSPS) is 29.4. The van der Waals surface area contributed by atoms with Crippen LogP contribution in [-0.4, -0.2) is 29.9 Å². The summed E-state index contributed by atoms with van der Waals surface area (Å²) in [5.41, 5.74) is 0. The van der Waals surface area contributed by atoms with Crippen molar-refractivity contribution in [1.29, 1.82) is 0 Å². The summed E-state index contributed by atoms with van der Waals surface area (Å²) in [7, 11) is 1.93. The van der Waals surface area contributed by atoms with E-state index in [2.05, 4.69) is 16.8 Å². The van der Waals surface area contributed by atoms with Crippen molar-refractivity contribution < 1.29 is 4.79 Å². The average Bonchev–Trinajstić information content (AvgIpc) is 2.99. The van der Waals surface area contributed by atoms with Gasteiger partial charge in [-0.3, -0.25) is 4.79 Å². The molecule has 2 atom stereocenters. The van der Waals surface area contributed by atoms with E-state index in [1.165, 1.54) is 30.6 Å². The molecule has 0 spiro atoms. The SMILES string of the molecule is CN(Cc1cccs1)C(=O)CC1CC2CCC(C1)N2. The molecule has 104 valence electrons. The fourth-order valence-electron chi connectivity index (χ4n) is 3.47. The molecule has 1 N–H and O–H groups in total. The molecule has 19 heavy (non-hydrogen) atoms. The summed E-state index contributed by atoms with van der Waals surface area (Å²) in [5, 5.41) is 5.70. The highest BCUT2D eigenvalue weighted by atomic mass is 32.1. The van der Waals surface area contributed by atoms with E-state index >= 15 is 0 Å². The van der Waals surface area contributed by atoms with Gasteiger partial charge in [-0.25, -0.2) is 0 Å². The van der Waals surface area contributed by atoms with E-state index in [1.807, 2.05) is 18.0 Å². The minimum Gasteiger partial charge on any atom is -0.341 e. The topological polar surface area (TPSA) is 32.3 Å². The van der Waals surface area contributed by atoms with Gasteiger partial charge in [0.2, 0.25) is 5.91 Å². The first-order valence-corrected chi connectivity index (χ1v) is 8.11. The number of thiophene rings is 1. The van der Waals surface area contributed by atoms with Gasteiger partial charge in [0.1, 0.15) is 0 Å². The molecule has 3 rings (SSSR count). The zero-order chi connectivity index (χ0) is 13.2. The van der Waals surface area contributed by atoms with Crippen LogP contribution in [0.2, 0.25) is 0 Å². The Morgan fingerprint density at radius 1 is 1.42 bits per heavy atom. The largest absolute Gasteiger partial charge is 0.341 e. The van der Waals surface area contributed by atoms with E-state index in [0.717, 1.165) is 13.0 Å². The van der Waals surface area contributed by atoms with Crippen molar-refractivity contribution >= 4 is 17.2 Å². The Hall–Kier alpha value is -0.870. The zero-order valence-electron chi connectivity index (χ0n) is 11.5. The van der Waals surface area contributed by atoms with Crippen LogP contribution in [-0.2, 0) is 11.3 Å². The quantitative estimate of drug-likeness (QED) is 0.918. The number of rotatable bonds is 4. The maximum absolute atomic E-state index is 12.3. The van der Waals surface area contributed by atoms with Gasteiger partial charge >= 0.3 is 0 Å². The summed E-state index contributed by atoms with van der Waals surface area (Å²) < 4.78 is 0. The van der Waals surface area contributed by atoms with Crippen molar-refractivity contribution in [2.24, 2.45) is 5.92 Å². The Kier molecular flexibility index (Phi) is 3.89. The molecule has 2 aliphatic heterocycles. The van der Waals surface area contributed by atoms with Crippen molar-refractivity contribution in [2.75, 3.05) is 7.05 Å². The minimum atomic E-state index is 0.305. The first-order valence-electron chi connectivity index (χ1n) is 7.23. The molecule has 3 heterocycles. The second-order valence-electron chi connectivity index (χ2n) is 6.01. The summed E-state index contributed by atoms with van der Waals surface area (Å²) in [5.74, 6) is 0.900. The molecule has 2 saturated heterocycles. The van der Waals surface area contributed by atoms with Crippen LogP contribution in [0.4, 0.5) is 0 Å². The van der Waals surface area contributed by atoms with E-state index in [9.17, 15) is 4.79 Å². The molecular weight excluding hydrogens is 256 g/mol. The van der Waals surface area contributed by atoms with Crippen molar-refractivity contribution in [1.82, 2.24) is 10.2 Å². The number of fused-ring (bicyclic) bond motifs is 2. The number of carbonyl (C=O) groups excluding carboxylic acids is 1. The third kappa shape index (κ3) is 3.18. The van der Waals surface area contributed by atoms with Crippen LogP contribution in [0.3, 0.4) is 0 Å². The fraction of sp³-hybridized carbons (Fsp3) is 0.667. The van der Waals surface area contributed by atoms with Gasteiger partial charge in [0.15, 0.2) is 0 Å². The zero-order valence-corrected chi connectivity index (χ0v) is 12.3. The van der Waals surface area contributed by atoms with E-state index in [-0.39, 0.29) is 0 Å². The lowest BCUT2D eigenvalue weighted by atomic mass is 9.89. The molecule has 1 aromatic rings. The third-order valence-corrected chi connectivity index (χ3v) is 5.29. The lowest BCUT2D eigenvalue weighted by molar-refractivity contribution is -0.131. The number of nitrogens with one attached hydrogen (secondary N) is 1. The minimum absolute atomic E-state index is 0.305. The second kappa shape index (κ2) is 5.63. The molecule has 0 aromatic carbocycles. The molecule has 3 nitrogen and oxygen atoms in total. The monoisotopic (exact) mass is 278 g/mol. The van der Waals surface area contributed by atoms with Gasteiger partial charge in [-0.05, 0) is 43.0 Å². The molecule has 2 unspecified atom stereocenters. The number of hydrogen-bond acceptors (Lipinski definition) is 3. The lowest BCUT2D eigenvalue weighted by Gasteiger charge is -2.29. The van der Waals surface area contributed by atoms with Crippen molar-refractivity contribution in [3.05, 3.63) is 22.4 Å². The average molecular weight is 278 g/mol. The lowest BCUT2D eigenvalue weighted by Crippen LogP contribution is -2.39. The van der Waals surface area contributed by atoms with E-state index in [4.69, 9.17) is 0 Å². The summed E-state index contributed by atoms with van der Waals surface area (Å²) >= 11 is 1.72. The van der Waals surface area contributed by atoms with Gasteiger partial charge < -0.3 is 10.2 Å². The molecule has 1 amide bonds. The Bertz CT molecular complexity index is 419. The molecule has 0 radical (unpaired) electrons. The van der Waals surface area contributed by atoms with E-state index in [0.29, 0.717) is 23.9 Å². The van der Waals surface area contributed by atoms with Gasteiger partial charge in [0, 0.05) is 30.4 Å². The van der Waals surface area contributed by atoms with Crippen molar-refractivity contribution in [3.8, 4) is 0 Å². The standard InChI is InChI=1S/C15H22N2OS/c1-17(10-14-3-2-6-19-14)15(18)9-11-7-12-4-5-13(8-11)16-12/h2-3,6,11-13,16H,4-5,7-10H2,1H3. The number of amides is 1. The highest BCUT2D eigenvalue weighted by molar-refractivity contribution is 7.09. The van der Waals surface area contributed by atoms with E-state index in [1.54, 1.807) is 11.3 Å². The summed E-state index contributed by atoms with van der Waals surface area (Å²) in [4.78, 5) is 15.4. The van der Waals surface area contributed by atoms with Gasteiger partial charge in [-0.1, -0.05) is 6.07 Å². The molecule has 2 aliphatic rings. The maximum Gasteiger partial charge on any atom is 0.222 e. The third-order valence-electron chi connectivity index (χ3n) is 4.43. The molecular formula is C15H22N2OS. The second-order valence-corrected chi connectivity index (χ2v) is 7.04. The first-order chi connectivity index (χ1) is 9.20. The fourth-order valence-corrected chi connectivity index (χ4v) is 4.23. The first kappa shape index (κ1) is 13.1. The Labute approximate surface area is 119 Å². The highest BCUT2D eigenvalue weighted by Gasteiger charge is 2.34. The maximum atomic E-state index is 12.3. The summed E-state index contributed by atoms with van der Waals surface area (Å²) in [6.07, 6.45) is 5.72. The molecule has 2 fully saturated rings. The van der Waals surface area contributed by atoms with Gasteiger partial charge in [-0.2, -0.15) is 0 Å². The molecule has 4 heteroatoms. The van der Waals surface area contributed by atoms with Crippen LogP contribution in [0.5, 0.6) is 0 Å². The smallest absolute Gasteiger partial charge is 0.222 e. The molecule has 1 aromatic heterocycles. The van der Waals surface area contributed by atoms with Gasteiger partial charge in [-0.15, -0.1) is 11.3 Å². The van der Waals surface area contributed by atoms with Gasteiger partial charge in [0.05, 0.1) is 6.54 Å². The number of carbonyl (C=O) groups is 1. The Morgan fingerprint density at radius 3 is 2.79 bits per heavy atom. The predicted molar refractivity (Wildman–Crippen MR) is 78.1 cm³/mol. The summed E-state index contributed by atoms with van der Waals surface area (Å²) in [6, 6.07) is 5.50. The van der Waals surface area contributed by atoms with Gasteiger partial charge in [0.25, 0.3) is 0 Å². The molecule has 2 bridgehead atoms. The Balaban J connectivity index is 1.50.